The zero-order valence-electron chi connectivity index (χ0n) is 9.10. The predicted molar refractivity (Wildman–Crippen MR) is 60.6 cm³/mol. The van der Waals surface area contributed by atoms with Crippen molar-refractivity contribution in [3.8, 4) is 5.88 Å². The van der Waals surface area contributed by atoms with Crippen molar-refractivity contribution in [2.45, 2.75) is 20.3 Å². The van der Waals surface area contributed by atoms with Crippen LogP contribution in [0, 0.1) is 12.8 Å². The van der Waals surface area contributed by atoms with Gasteiger partial charge in [-0.15, -0.1) is 0 Å². The Balaban J connectivity index is 2.11. The van der Waals surface area contributed by atoms with Gasteiger partial charge >= 0.3 is 0 Å². The minimum Gasteiger partial charge on any atom is -0.443 e. The summed E-state index contributed by atoms with van der Waals surface area (Å²) in [7, 11) is 0. The van der Waals surface area contributed by atoms with E-state index < -0.39 is 0 Å². The summed E-state index contributed by atoms with van der Waals surface area (Å²) in [5, 5.41) is 0. The first-order valence-corrected chi connectivity index (χ1v) is 5.23. The Morgan fingerprint density at radius 3 is 2.93 bits per heavy atom. The Hall–Kier alpha value is -1.57. The van der Waals surface area contributed by atoms with Crippen LogP contribution < -0.4 is 4.74 Å². The molecule has 1 aliphatic carbocycles. The van der Waals surface area contributed by atoms with Crippen molar-refractivity contribution in [2.75, 3.05) is 0 Å². The molecular weight excluding hydrogens is 186 g/mol. The average molecular weight is 201 g/mol. The van der Waals surface area contributed by atoms with Crippen molar-refractivity contribution in [3.05, 3.63) is 47.9 Å². The highest BCUT2D eigenvalue weighted by Crippen LogP contribution is 2.22. The van der Waals surface area contributed by atoms with Gasteiger partial charge in [0.1, 0.15) is 5.76 Å². The molecule has 0 N–H and O–H groups in total. The van der Waals surface area contributed by atoms with Crippen LogP contribution in [0.25, 0.3) is 0 Å². The standard InChI is InChI=1S/C13H15NO/c1-10-7-8-13(14-9-10)15-12-6-4-3-5-11(12)2/h3-4,6-9,11H,5H2,1-2H3. The van der Waals surface area contributed by atoms with E-state index in [9.17, 15) is 0 Å². The summed E-state index contributed by atoms with van der Waals surface area (Å²) >= 11 is 0. The SMILES string of the molecule is Cc1ccc(OC2=CC=CCC2C)nc1. The Morgan fingerprint density at radius 1 is 1.40 bits per heavy atom. The van der Waals surface area contributed by atoms with E-state index in [1.807, 2.05) is 37.4 Å². The molecule has 0 bridgehead atoms. The van der Waals surface area contributed by atoms with Crippen LogP contribution in [0.1, 0.15) is 18.9 Å². The second-order valence-corrected chi connectivity index (χ2v) is 3.91. The molecule has 1 unspecified atom stereocenters. The zero-order chi connectivity index (χ0) is 10.7. The molecule has 0 fully saturated rings. The zero-order valence-corrected chi connectivity index (χ0v) is 9.10. The normalized spacial score (nSPS) is 19.9. The highest BCUT2D eigenvalue weighted by atomic mass is 16.5. The third-order valence-electron chi connectivity index (χ3n) is 2.48. The monoisotopic (exact) mass is 201 g/mol. The van der Waals surface area contributed by atoms with Crippen molar-refractivity contribution >= 4 is 0 Å². The van der Waals surface area contributed by atoms with Gasteiger partial charge in [0.2, 0.25) is 5.88 Å². The average Bonchev–Trinajstić information content (AvgIpc) is 2.25. The lowest BCUT2D eigenvalue weighted by atomic mass is 10.0. The van der Waals surface area contributed by atoms with E-state index in [4.69, 9.17) is 4.74 Å². The quantitative estimate of drug-likeness (QED) is 0.732. The molecule has 1 atom stereocenters. The van der Waals surface area contributed by atoms with Gasteiger partial charge in [0, 0.05) is 18.2 Å². The first kappa shape index (κ1) is 9.97. The van der Waals surface area contributed by atoms with Gasteiger partial charge in [0.15, 0.2) is 0 Å². The summed E-state index contributed by atoms with van der Waals surface area (Å²) in [6.07, 6.45) is 9.05. The summed E-state index contributed by atoms with van der Waals surface area (Å²) in [5.41, 5.74) is 1.15. The van der Waals surface area contributed by atoms with Crippen molar-refractivity contribution in [1.29, 1.82) is 0 Å². The molecule has 15 heavy (non-hydrogen) atoms. The number of allylic oxidation sites excluding steroid dienone is 4. The number of hydrogen-bond donors (Lipinski definition) is 0. The van der Waals surface area contributed by atoms with Gasteiger partial charge in [0.25, 0.3) is 0 Å². The van der Waals surface area contributed by atoms with Crippen molar-refractivity contribution in [3.63, 3.8) is 0 Å². The molecule has 0 radical (unpaired) electrons. The highest BCUT2D eigenvalue weighted by molar-refractivity contribution is 5.22. The van der Waals surface area contributed by atoms with E-state index in [1.165, 1.54) is 0 Å². The van der Waals surface area contributed by atoms with Crippen molar-refractivity contribution < 1.29 is 4.74 Å². The maximum atomic E-state index is 5.72. The van der Waals surface area contributed by atoms with Gasteiger partial charge in [-0.3, -0.25) is 0 Å². The van der Waals surface area contributed by atoms with Crippen LogP contribution in [0.5, 0.6) is 5.88 Å². The largest absolute Gasteiger partial charge is 0.443 e. The molecule has 1 aromatic rings. The van der Waals surface area contributed by atoms with Crippen LogP contribution in [-0.2, 0) is 0 Å². The molecule has 0 saturated carbocycles. The molecule has 0 spiro atoms. The molecular formula is C13H15NO. The van der Waals surface area contributed by atoms with Crippen LogP contribution in [0.4, 0.5) is 0 Å². The number of nitrogens with zero attached hydrogens (tertiary/aromatic N) is 1. The van der Waals surface area contributed by atoms with Gasteiger partial charge in [-0.1, -0.05) is 25.1 Å². The molecule has 2 nitrogen and oxygen atoms in total. The third-order valence-corrected chi connectivity index (χ3v) is 2.48. The predicted octanol–water partition coefficient (Wildman–Crippen LogP) is 3.25. The topological polar surface area (TPSA) is 22.1 Å². The summed E-state index contributed by atoms with van der Waals surface area (Å²) in [6, 6.07) is 3.91. The van der Waals surface area contributed by atoms with Gasteiger partial charge in [-0.05, 0) is 25.0 Å². The first-order valence-electron chi connectivity index (χ1n) is 5.23. The Kier molecular flexibility index (Phi) is 2.86. The Labute approximate surface area is 90.3 Å². The smallest absolute Gasteiger partial charge is 0.218 e. The van der Waals surface area contributed by atoms with Crippen molar-refractivity contribution in [2.24, 2.45) is 5.92 Å². The summed E-state index contributed by atoms with van der Waals surface area (Å²) in [6.45, 7) is 4.17. The summed E-state index contributed by atoms with van der Waals surface area (Å²) in [4.78, 5) is 4.22. The lowest BCUT2D eigenvalue weighted by molar-refractivity contribution is 0.344. The highest BCUT2D eigenvalue weighted by Gasteiger charge is 2.12. The minimum absolute atomic E-state index is 0.443. The van der Waals surface area contributed by atoms with E-state index in [-0.39, 0.29) is 0 Å². The molecule has 0 amide bonds. The Morgan fingerprint density at radius 2 is 2.27 bits per heavy atom. The minimum atomic E-state index is 0.443. The van der Waals surface area contributed by atoms with Crippen LogP contribution in [-0.4, -0.2) is 4.98 Å². The summed E-state index contributed by atoms with van der Waals surface area (Å²) in [5.74, 6) is 2.11. The fourth-order valence-electron chi connectivity index (χ4n) is 1.50. The van der Waals surface area contributed by atoms with Gasteiger partial charge in [0.05, 0.1) is 0 Å². The van der Waals surface area contributed by atoms with E-state index in [2.05, 4.69) is 18.0 Å². The van der Waals surface area contributed by atoms with Crippen molar-refractivity contribution in [1.82, 2.24) is 4.98 Å². The van der Waals surface area contributed by atoms with Gasteiger partial charge in [-0.25, -0.2) is 4.98 Å². The van der Waals surface area contributed by atoms with E-state index in [0.717, 1.165) is 17.7 Å². The maximum absolute atomic E-state index is 5.72. The molecule has 2 heteroatoms. The van der Waals surface area contributed by atoms with E-state index >= 15 is 0 Å². The molecule has 0 aromatic carbocycles. The van der Waals surface area contributed by atoms with Gasteiger partial charge < -0.3 is 4.74 Å². The fourth-order valence-corrected chi connectivity index (χ4v) is 1.50. The Bertz CT molecular complexity index is 390. The fraction of sp³-hybridized carbons (Fsp3) is 0.308. The molecule has 78 valence electrons. The molecule has 2 rings (SSSR count). The van der Waals surface area contributed by atoms with Crippen LogP contribution in [0.15, 0.2) is 42.3 Å². The van der Waals surface area contributed by atoms with Crippen LogP contribution >= 0.6 is 0 Å². The number of aryl methyl sites for hydroxylation is 1. The molecule has 1 aromatic heterocycles. The number of hydrogen-bond acceptors (Lipinski definition) is 2. The third kappa shape index (κ3) is 2.46. The first-order chi connectivity index (χ1) is 7.25. The van der Waals surface area contributed by atoms with Gasteiger partial charge in [-0.2, -0.15) is 0 Å². The lowest BCUT2D eigenvalue weighted by Gasteiger charge is -2.17. The molecule has 1 aliphatic rings. The van der Waals surface area contributed by atoms with Crippen LogP contribution in [0.3, 0.4) is 0 Å². The van der Waals surface area contributed by atoms with E-state index in [1.54, 1.807) is 0 Å². The maximum Gasteiger partial charge on any atom is 0.218 e. The van der Waals surface area contributed by atoms with E-state index in [0.29, 0.717) is 11.8 Å². The number of aromatic nitrogens is 1. The number of pyridine rings is 1. The second kappa shape index (κ2) is 4.30. The summed E-state index contributed by atoms with van der Waals surface area (Å²) < 4.78 is 5.72. The number of ether oxygens (including phenoxy) is 1. The second-order valence-electron chi connectivity index (χ2n) is 3.91. The number of rotatable bonds is 2. The molecule has 0 saturated heterocycles. The lowest BCUT2D eigenvalue weighted by Crippen LogP contribution is -2.08. The van der Waals surface area contributed by atoms with Crippen LogP contribution in [0.2, 0.25) is 0 Å². The molecule has 0 aliphatic heterocycles. The molecule has 1 heterocycles.